The third kappa shape index (κ3) is 2.98. The van der Waals surface area contributed by atoms with Crippen molar-refractivity contribution in [1.29, 1.82) is 0 Å². The molecule has 1 aliphatic carbocycles. The van der Waals surface area contributed by atoms with E-state index in [1.165, 1.54) is 6.92 Å². The van der Waals surface area contributed by atoms with E-state index in [1.54, 1.807) is 6.92 Å². The highest BCUT2D eigenvalue weighted by molar-refractivity contribution is 5.79. The van der Waals surface area contributed by atoms with Crippen LogP contribution in [0.15, 0.2) is 0 Å². The Bertz CT molecular complexity index is 348. The molecule has 0 radical (unpaired) electrons. The van der Waals surface area contributed by atoms with Gasteiger partial charge in [0, 0.05) is 12.8 Å². The van der Waals surface area contributed by atoms with Crippen LogP contribution in [0.3, 0.4) is 0 Å². The third-order valence-corrected chi connectivity index (χ3v) is 4.11. The van der Waals surface area contributed by atoms with E-state index in [2.05, 4.69) is 0 Å². The first kappa shape index (κ1) is 15.7. The summed E-state index contributed by atoms with van der Waals surface area (Å²) in [7, 11) is 0. The molecule has 1 heterocycles. The van der Waals surface area contributed by atoms with Crippen molar-refractivity contribution in [2.75, 3.05) is 13.2 Å². The third-order valence-electron chi connectivity index (χ3n) is 4.11. The van der Waals surface area contributed by atoms with Gasteiger partial charge in [-0.05, 0) is 26.7 Å². The van der Waals surface area contributed by atoms with Gasteiger partial charge < -0.3 is 24.4 Å². The van der Waals surface area contributed by atoms with Crippen molar-refractivity contribution in [3.8, 4) is 0 Å². The smallest absolute Gasteiger partial charge is 0.340 e. The minimum Gasteiger partial charge on any atom is -0.464 e. The Hall–Kier alpha value is -0.690. The molecule has 1 saturated carbocycles. The van der Waals surface area contributed by atoms with Crippen molar-refractivity contribution in [3.63, 3.8) is 0 Å². The summed E-state index contributed by atoms with van der Waals surface area (Å²) < 4.78 is 16.3. The van der Waals surface area contributed by atoms with Crippen molar-refractivity contribution in [1.82, 2.24) is 0 Å². The zero-order chi connectivity index (χ0) is 14.8. The lowest BCUT2D eigenvalue weighted by Gasteiger charge is -2.34. The van der Waals surface area contributed by atoms with Crippen molar-refractivity contribution in [2.24, 2.45) is 0 Å². The summed E-state index contributed by atoms with van der Waals surface area (Å²) in [6, 6.07) is 0. The normalized spacial score (nSPS) is 29.9. The quantitative estimate of drug-likeness (QED) is 0.742. The molecule has 0 aromatic rings. The van der Waals surface area contributed by atoms with Crippen molar-refractivity contribution in [2.45, 2.75) is 69.5 Å². The number of hydrogen-bond acceptors (Lipinski definition) is 6. The molecule has 116 valence electrons. The van der Waals surface area contributed by atoms with Crippen LogP contribution in [0.25, 0.3) is 0 Å². The van der Waals surface area contributed by atoms with Crippen LogP contribution >= 0.6 is 0 Å². The van der Waals surface area contributed by atoms with Gasteiger partial charge in [0.15, 0.2) is 11.4 Å². The number of aliphatic hydroxyl groups excluding tert-OH is 1. The average Bonchev–Trinajstić information content (AvgIpc) is 2.82. The zero-order valence-corrected chi connectivity index (χ0v) is 12.1. The van der Waals surface area contributed by atoms with Gasteiger partial charge in [-0.15, -0.1) is 0 Å². The van der Waals surface area contributed by atoms with E-state index >= 15 is 0 Å². The molecule has 6 nitrogen and oxygen atoms in total. The van der Waals surface area contributed by atoms with Gasteiger partial charge in [0.25, 0.3) is 0 Å². The Labute approximate surface area is 119 Å². The molecule has 0 unspecified atom stereocenters. The number of aliphatic hydroxyl groups is 2. The molecule has 0 bridgehead atoms. The molecule has 0 aromatic carbocycles. The molecule has 2 fully saturated rings. The van der Waals surface area contributed by atoms with E-state index < -0.39 is 29.6 Å². The minimum atomic E-state index is -2.00. The maximum Gasteiger partial charge on any atom is 0.340 e. The first-order valence-electron chi connectivity index (χ1n) is 7.31. The van der Waals surface area contributed by atoms with Crippen LogP contribution in [0.2, 0.25) is 0 Å². The fourth-order valence-corrected chi connectivity index (χ4v) is 2.85. The highest BCUT2D eigenvalue weighted by atomic mass is 16.7. The van der Waals surface area contributed by atoms with E-state index in [0.717, 1.165) is 32.1 Å². The molecule has 0 aromatic heterocycles. The predicted molar refractivity (Wildman–Crippen MR) is 69.9 cm³/mol. The fraction of sp³-hybridized carbons (Fsp3) is 0.929. The van der Waals surface area contributed by atoms with Gasteiger partial charge in [-0.1, -0.05) is 6.42 Å². The second-order valence-corrected chi connectivity index (χ2v) is 5.75. The van der Waals surface area contributed by atoms with Crippen LogP contribution in [0.4, 0.5) is 0 Å². The lowest BCUT2D eigenvalue weighted by molar-refractivity contribution is -0.214. The maximum atomic E-state index is 11.7. The van der Waals surface area contributed by atoms with Crippen LogP contribution in [0, 0.1) is 0 Å². The molecule has 0 amide bonds. The number of hydrogen-bond donors (Lipinski definition) is 2. The monoisotopic (exact) mass is 288 g/mol. The van der Waals surface area contributed by atoms with Gasteiger partial charge in [-0.25, -0.2) is 4.79 Å². The van der Waals surface area contributed by atoms with Crippen LogP contribution in [0.5, 0.6) is 0 Å². The Morgan fingerprint density at radius 1 is 1.45 bits per heavy atom. The van der Waals surface area contributed by atoms with E-state index in [9.17, 15) is 15.0 Å². The Morgan fingerprint density at radius 2 is 2.10 bits per heavy atom. The zero-order valence-electron chi connectivity index (χ0n) is 12.1. The molecule has 6 heteroatoms. The van der Waals surface area contributed by atoms with E-state index in [-0.39, 0.29) is 13.2 Å². The number of ether oxygens (including phenoxy) is 3. The molecule has 1 saturated heterocycles. The number of carbonyl (C=O) groups excluding carboxylic acids is 1. The highest BCUT2D eigenvalue weighted by Gasteiger charge is 2.51. The number of esters is 1. The Balaban J connectivity index is 1.99. The average molecular weight is 288 g/mol. The molecule has 2 N–H and O–H groups in total. The number of carbonyl (C=O) groups is 1. The second kappa shape index (κ2) is 5.97. The summed E-state index contributed by atoms with van der Waals surface area (Å²) in [4.78, 5) is 11.7. The van der Waals surface area contributed by atoms with Crippen LogP contribution in [-0.4, -0.2) is 53.0 Å². The predicted octanol–water partition coefficient (Wildman–Crippen LogP) is 0.737. The van der Waals surface area contributed by atoms with Gasteiger partial charge >= 0.3 is 5.97 Å². The Morgan fingerprint density at radius 3 is 2.70 bits per heavy atom. The molecular formula is C14H24O6. The van der Waals surface area contributed by atoms with Crippen molar-refractivity contribution in [3.05, 3.63) is 0 Å². The van der Waals surface area contributed by atoms with Crippen LogP contribution in [-0.2, 0) is 19.0 Å². The van der Waals surface area contributed by atoms with Crippen LogP contribution < -0.4 is 0 Å². The second-order valence-electron chi connectivity index (χ2n) is 5.75. The van der Waals surface area contributed by atoms with Gasteiger partial charge in [0.1, 0.15) is 12.2 Å². The van der Waals surface area contributed by atoms with Gasteiger partial charge in [-0.2, -0.15) is 0 Å². The van der Waals surface area contributed by atoms with Crippen LogP contribution in [0.1, 0.15) is 46.0 Å². The molecule has 2 aliphatic rings. The van der Waals surface area contributed by atoms with Gasteiger partial charge in [-0.3, -0.25) is 0 Å². The van der Waals surface area contributed by atoms with Crippen molar-refractivity contribution < 1.29 is 29.2 Å². The highest BCUT2D eigenvalue weighted by Crippen LogP contribution is 2.39. The van der Waals surface area contributed by atoms with E-state index in [0.29, 0.717) is 0 Å². The largest absolute Gasteiger partial charge is 0.464 e. The van der Waals surface area contributed by atoms with Gasteiger partial charge in [0.2, 0.25) is 0 Å². The summed E-state index contributed by atoms with van der Waals surface area (Å²) in [5, 5.41) is 20.4. The summed E-state index contributed by atoms with van der Waals surface area (Å²) in [6.07, 6.45) is 2.70. The van der Waals surface area contributed by atoms with E-state index in [1.807, 2.05) is 0 Å². The van der Waals surface area contributed by atoms with Gasteiger partial charge in [0.05, 0.1) is 13.2 Å². The molecule has 20 heavy (non-hydrogen) atoms. The SMILES string of the molecule is CCOC(=O)[C@@](C)(O)[C@H](O)[C@H]1COC2(CCCCC2)O1. The first-order chi connectivity index (χ1) is 9.41. The molecule has 2 rings (SSSR count). The molecular weight excluding hydrogens is 264 g/mol. The summed E-state index contributed by atoms with van der Waals surface area (Å²) in [5.41, 5.74) is -2.00. The lowest BCUT2D eigenvalue weighted by atomic mass is 9.93. The standard InChI is InChI=1S/C14H24O6/c1-3-18-12(16)13(2,17)11(15)10-9-19-14(20-10)7-5-4-6-8-14/h10-11,15,17H,3-9H2,1-2H3/t10-,11-,13+/m1/s1. The first-order valence-corrected chi connectivity index (χ1v) is 7.31. The van der Waals surface area contributed by atoms with Crippen molar-refractivity contribution >= 4 is 5.97 Å². The summed E-state index contributed by atoms with van der Waals surface area (Å²) in [5.74, 6) is -1.49. The number of rotatable bonds is 4. The lowest BCUT2D eigenvalue weighted by Crippen LogP contribution is -2.54. The maximum absolute atomic E-state index is 11.7. The fourth-order valence-electron chi connectivity index (χ4n) is 2.85. The topological polar surface area (TPSA) is 85.2 Å². The molecule has 3 atom stereocenters. The minimum absolute atomic E-state index is 0.146. The Kier molecular flexibility index (Phi) is 4.69. The molecule has 1 aliphatic heterocycles. The molecule has 1 spiro atoms. The van der Waals surface area contributed by atoms with E-state index in [4.69, 9.17) is 14.2 Å². The summed E-state index contributed by atoms with van der Waals surface area (Å²) in [6.45, 7) is 3.21. The summed E-state index contributed by atoms with van der Waals surface area (Å²) >= 11 is 0.